The molecule has 5 nitrogen and oxygen atoms in total. The van der Waals surface area contributed by atoms with E-state index in [2.05, 4.69) is 22.1 Å². The van der Waals surface area contributed by atoms with Crippen LogP contribution in [0.25, 0.3) is 0 Å². The number of imidazole rings is 1. The highest BCUT2D eigenvalue weighted by molar-refractivity contribution is 6.03. The molecule has 0 bridgehead atoms. The molecule has 1 heterocycles. The maximum absolute atomic E-state index is 13.6. The minimum atomic E-state index is -0.473. The van der Waals surface area contributed by atoms with Crippen LogP contribution < -0.4 is 5.32 Å². The second-order valence-corrected chi connectivity index (χ2v) is 4.31. The van der Waals surface area contributed by atoms with Gasteiger partial charge in [0.05, 0.1) is 24.7 Å². The van der Waals surface area contributed by atoms with Crippen LogP contribution in [0, 0.1) is 17.7 Å². The quantitative estimate of drug-likeness (QED) is 0.842. The van der Waals surface area contributed by atoms with Gasteiger partial charge in [0.2, 0.25) is 0 Å². The molecule has 0 aliphatic heterocycles. The van der Waals surface area contributed by atoms with E-state index < -0.39 is 5.82 Å². The number of benzene rings is 1. The average molecular weight is 287 g/mol. The van der Waals surface area contributed by atoms with Crippen molar-refractivity contribution in [2.45, 2.75) is 6.42 Å². The molecule has 1 aromatic heterocycles. The molecule has 0 aliphatic rings. The molecule has 0 unspecified atom stereocenters. The molecule has 21 heavy (non-hydrogen) atoms. The summed E-state index contributed by atoms with van der Waals surface area (Å²) in [7, 11) is 1.71. The molecule has 2 rings (SSSR count). The van der Waals surface area contributed by atoms with E-state index in [0.717, 1.165) is 0 Å². The zero-order valence-corrected chi connectivity index (χ0v) is 11.4. The van der Waals surface area contributed by atoms with E-state index in [9.17, 15) is 9.18 Å². The number of amides is 1. The molecule has 2 aromatic rings. The minimum absolute atomic E-state index is 0.0778. The van der Waals surface area contributed by atoms with Crippen LogP contribution in [0.3, 0.4) is 0 Å². The fourth-order valence-corrected chi connectivity index (χ4v) is 1.68. The van der Waals surface area contributed by atoms with Crippen LogP contribution in [0.1, 0.15) is 22.5 Å². The lowest BCUT2D eigenvalue weighted by Gasteiger charge is -2.06. The van der Waals surface area contributed by atoms with Crippen LogP contribution in [0.15, 0.2) is 30.7 Å². The van der Waals surface area contributed by atoms with Gasteiger partial charge < -0.3 is 15.0 Å². The van der Waals surface area contributed by atoms with Crippen molar-refractivity contribution in [3.05, 3.63) is 47.8 Å². The molecule has 0 spiro atoms. The first kappa shape index (κ1) is 14.8. The largest absolute Gasteiger partial charge is 0.395 e. The van der Waals surface area contributed by atoms with Crippen LogP contribution in [-0.4, -0.2) is 27.2 Å². The molecule has 0 saturated carbocycles. The van der Waals surface area contributed by atoms with Gasteiger partial charge in [0.15, 0.2) is 0 Å². The summed E-state index contributed by atoms with van der Waals surface area (Å²) in [5.74, 6) is 4.45. The number of nitrogens with zero attached hydrogens (tertiary/aromatic N) is 2. The lowest BCUT2D eigenvalue weighted by molar-refractivity contribution is 0.101. The summed E-state index contributed by atoms with van der Waals surface area (Å²) >= 11 is 0. The Hall–Kier alpha value is -2.65. The molecule has 108 valence electrons. The van der Waals surface area contributed by atoms with Crippen LogP contribution in [0.4, 0.5) is 10.1 Å². The molecular formula is C15H14FN3O2. The smallest absolute Gasteiger partial charge is 0.273 e. The van der Waals surface area contributed by atoms with Gasteiger partial charge in [-0.15, -0.1) is 0 Å². The van der Waals surface area contributed by atoms with Gasteiger partial charge in [-0.05, 0) is 18.2 Å². The number of hydrogen-bond donors (Lipinski definition) is 2. The number of rotatable bonds is 3. The fraction of sp³-hybridized carbons (Fsp3) is 0.200. The first-order chi connectivity index (χ1) is 10.1. The number of aromatic nitrogens is 2. The first-order valence-corrected chi connectivity index (χ1v) is 6.29. The number of hydrogen-bond acceptors (Lipinski definition) is 3. The van der Waals surface area contributed by atoms with E-state index in [1.165, 1.54) is 30.7 Å². The summed E-state index contributed by atoms with van der Waals surface area (Å²) in [5, 5.41) is 11.3. The number of aliphatic hydroxyl groups is 1. The van der Waals surface area contributed by atoms with Crippen molar-refractivity contribution < 1.29 is 14.3 Å². The predicted octanol–water partition coefficient (Wildman–Crippen LogP) is 1.55. The van der Waals surface area contributed by atoms with Gasteiger partial charge in [-0.25, -0.2) is 9.37 Å². The van der Waals surface area contributed by atoms with Crippen LogP contribution >= 0.6 is 0 Å². The van der Waals surface area contributed by atoms with E-state index in [1.807, 2.05) is 0 Å². The van der Waals surface area contributed by atoms with E-state index in [-0.39, 0.29) is 24.5 Å². The molecule has 6 heteroatoms. The van der Waals surface area contributed by atoms with Crippen molar-refractivity contribution in [3.63, 3.8) is 0 Å². The molecule has 1 amide bonds. The Bertz CT molecular complexity index is 713. The summed E-state index contributed by atoms with van der Waals surface area (Å²) in [6, 6.07) is 4.15. The van der Waals surface area contributed by atoms with Crippen molar-refractivity contribution >= 4 is 11.6 Å². The molecule has 1 aromatic carbocycles. The highest BCUT2D eigenvalue weighted by Crippen LogP contribution is 2.15. The Morgan fingerprint density at radius 3 is 3.00 bits per heavy atom. The van der Waals surface area contributed by atoms with E-state index in [1.54, 1.807) is 11.6 Å². The van der Waals surface area contributed by atoms with Crippen molar-refractivity contribution in [3.8, 4) is 11.8 Å². The van der Waals surface area contributed by atoms with Gasteiger partial charge in [-0.2, -0.15) is 0 Å². The summed E-state index contributed by atoms with van der Waals surface area (Å²) in [6.45, 7) is -0.0778. The van der Waals surface area contributed by atoms with E-state index >= 15 is 0 Å². The Labute approximate surface area is 121 Å². The molecule has 0 saturated heterocycles. The molecule has 0 aliphatic carbocycles. The van der Waals surface area contributed by atoms with Gasteiger partial charge in [0.1, 0.15) is 11.5 Å². The zero-order chi connectivity index (χ0) is 15.2. The minimum Gasteiger partial charge on any atom is -0.395 e. The third-order valence-electron chi connectivity index (χ3n) is 2.73. The summed E-state index contributed by atoms with van der Waals surface area (Å²) in [4.78, 5) is 15.9. The third-order valence-corrected chi connectivity index (χ3v) is 2.73. The lowest BCUT2D eigenvalue weighted by Crippen LogP contribution is -2.15. The maximum atomic E-state index is 13.6. The van der Waals surface area contributed by atoms with Gasteiger partial charge >= 0.3 is 0 Å². The number of halogens is 1. The van der Waals surface area contributed by atoms with Gasteiger partial charge in [0.25, 0.3) is 5.91 Å². The van der Waals surface area contributed by atoms with E-state index in [4.69, 9.17) is 5.11 Å². The number of aryl methyl sites for hydroxylation is 1. The van der Waals surface area contributed by atoms with Gasteiger partial charge in [-0.1, -0.05) is 11.8 Å². The van der Waals surface area contributed by atoms with Gasteiger partial charge in [0, 0.05) is 19.2 Å². The monoisotopic (exact) mass is 287 g/mol. The number of carbonyl (C=O) groups is 1. The van der Waals surface area contributed by atoms with E-state index in [0.29, 0.717) is 11.4 Å². The Morgan fingerprint density at radius 1 is 1.52 bits per heavy atom. The van der Waals surface area contributed by atoms with Crippen molar-refractivity contribution in [1.29, 1.82) is 0 Å². The molecule has 0 fully saturated rings. The average Bonchev–Trinajstić information content (AvgIpc) is 2.89. The molecule has 0 atom stereocenters. The number of carbonyl (C=O) groups excluding carboxylic acids is 1. The molecule has 0 radical (unpaired) electrons. The maximum Gasteiger partial charge on any atom is 0.273 e. The summed E-state index contributed by atoms with van der Waals surface area (Å²) in [6.07, 6.45) is 3.23. The molecule has 2 N–H and O–H groups in total. The van der Waals surface area contributed by atoms with Crippen molar-refractivity contribution in [1.82, 2.24) is 9.55 Å². The Kier molecular flexibility index (Phi) is 4.69. The second-order valence-electron chi connectivity index (χ2n) is 4.31. The number of anilines is 1. The normalized spacial score (nSPS) is 9.86. The Morgan fingerprint density at radius 2 is 2.33 bits per heavy atom. The van der Waals surface area contributed by atoms with Crippen LogP contribution in [0.5, 0.6) is 0 Å². The summed E-state index contributed by atoms with van der Waals surface area (Å²) in [5.41, 5.74) is 1.01. The van der Waals surface area contributed by atoms with Crippen LogP contribution in [0.2, 0.25) is 0 Å². The van der Waals surface area contributed by atoms with Crippen molar-refractivity contribution in [2.24, 2.45) is 7.05 Å². The first-order valence-electron chi connectivity index (χ1n) is 6.29. The number of nitrogens with one attached hydrogen (secondary N) is 1. The highest BCUT2D eigenvalue weighted by atomic mass is 19.1. The fourth-order valence-electron chi connectivity index (χ4n) is 1.68. The number of aliphatic hydroxyl groups excluding tert-OH is 1. The SMILES string of the molecule is Cn1cncc1C(=O)Nc1ccc(F)c(C#CCCO)c1. The predicted molar refractivity (Wildman–Crippen MR) is 76.1 cm³/mol. The Balaban J connectivity index is 2.18. The highest BCUT2D eigenvalue weighted by Gasteiger charge is 2.10. The van der Waals surface area contributed by atoms with Crippen LogP contribution in [-0.2, 0) is 7.05 Å². The van der Waals surface area contributed by atoms with Gasteiger partial charge in [-0.3, -0.25) is 4.79 Å². The summed E-state index contributed by atoms with van der Waals surface area (Å²) < 4.78 is 15.2. The zero-order valence-electron chi connectivity index (χ0n) is 11.4. The second kappa shape index (κ2) is 6.68. The van der Waals surface area contributed by atoms with Crippen molar-refractivity contribution in [2.75, 3.05) is 11.9 Å². The molecular weight excluding hydrogens is 273 g/mol. The topological polar surface area (TPSA) is 67.2 Å². The third kappa shape index (κ3) is 3.68. The standard InChI is InChI=1S/C15H14FN3O2/c1-19-10-17-9-14(19)15(21)18-12-5-6-13(16)11(8-12)4-2-3-7-20/h5-6,8-10,20H,3,7H2,1H3,(H,18,21). The lowest BCUT2D eigenvalue weighted by atomic mass is 10.2.